The molecule has 1 aliphatic carbocycles. The average molecular weight is 487 g/mol. The lowest BCUT2D eigenvalue weighted by Crippen LogP contribution is -2.36. The van der Waals surface area contributed by atoms with Gasteiger partial charge in [-0.3, -0.25) is 10.1 Å². The number of fused-ring (bicyclic) bond motifs is 1. The van der Waals surface area contributed by atoms with Crippen molar-refractivity contribution in [2.45, 2.75) is 44.3 Å². The predicted octanol–water partition coefficient (Wildman–Crippen LogP) is 5.38. The van der Waals surface area contributed by atoms with E-state index >= 15 is 0 Å². The molecule has 36 heavy (non-hydrogen) atoms. The summed E-state index contributed by atoms with van der Waals surface area (Å²) in [7, 11) is 4.00. The molecule has 1 fully saturated rings. The summed E-state index contributed by atoms with van der Waals surface area (Å²) in [5.74, 6) is 2.87. The summed E-state index contributed by atoms with van der Waals surface area (Å²) < 4.78 is 5.92. The highest BCUT2D eigenvalue weighted by atomic mass is 16.6. The maximum atomic E-state index is 11.3. The van der Waals surface area contributed by atoms with Gasteiger partial charge < -0.3 is 20.0 Å². The van der Waals surface area contributed by atoms with E-state index in [2.05, 4.69) is 10.6 Å². The van der Waals surface area contributed by atoms with E-state index in [1.54, 1.807) is 24.3 Å². The molecular formula is C27H30N6O3. The maximum Gasteiger partial charge on any atom is 0.280 e. The number of nitro groups is 1. The van der Waals surface area contributed by atoms with Crippen LogP contribution in [0.2, 0.25) is 0 Å². The molecule has 0 atom stereocenters. The number of anilines is 2. The highest BCUT2D eigenvalue weighted by molar-refractivity contribution is 5.90. The molecule has 0 saturated heterocycles. The van der Waals surface area contributed by atoms with Gasteiger partial charge in [0, 0.05) is 37.6 Å². The van der Waals surface area contributed by atoms with E-state index in [-0.39, 0.29) is 10.6 Å². The Hall–Kier alpha value is -3.98. The Labute approximate surface area is 209 Å². The van der Waals surface area contributed by atoms with Gasteiger partial charge in [0.05, 0.1) is 22.5 Å². The average Bonchev–Trinajstić information content (AvgIpc) is 3.37. The molecule has 9 heteroatoms. The third-order valence-corrected chi connectivity index (χ3v) is 6.66. The van der Waals surface area contributed by atoms with Gasteiger partial charge in [0.15, 0.2) is 0 Å². The lowest BCUT2D eigenvalue weighted by Gasteiger charge is -2.30. The summed E-state index contributed by atoms with van der Waals surface area (Å²) in [6, 6.07) is 19.1. The Balaban J connectivity index is 1.16. The maximum absolute atomic E-state index is 11.3. The number of nitrogens with zero attached hydrogens (tertiary/aromatic N) is 4. The summed E-state index contributed by atoms with van der Waals surface area (Å²) in [4.78, 5) is 22.5. The second kappa shape index (κ2) is 10.3. The minimum absolute atomic E-state index is 0.0466. The second-order valence-electron chi connectivity index (χ2n) is 9.40. The number of furan rings is 1. The molecule has 5 rings (SSSR count). The van der Waals surface area contributed by atoms with Crippen LogP contribution in [-0.2, 0) is 6.54 Å². The number of benzene rings is 2. The van der Waals surface area contributed by atoms with Crippen molar-refractivity contribution in [1.29, 1.82) is 0 Å². The standard InChI is InChI=1S/C27H30N6O3/c1-32(2)26-21-7-3-5-9-23(21)30-27(31-26)29-19-13-11-18(12-14-19)28-17-20-15-16-25(36-20)22-8-4-6-10-24(22)33(34)35/h3-10,15-16,18-19,28H,11-14,17H2,1-2H3,(H,29,30,31). The van der Waals surface area contributed by atoms with Gasteiger partial charge in [0.2, 0.25) is 5.95 Å². The molecule has 0 radical (unpaired) electrons. The van der Waals surface area contributed by atoms with Gasteiger partial charge in [0.1, 0.15) is 17.3 Å². The topological polar surface area (TPSA) is 109 Å². The van der Waals surface area contributed by atoms with Crippen LogP contribution < -0.4 is 15.5 Å². The van der Waals surface area contributed by atoms with E-state index in [0.717, 1.165) is 48.2 Å². The van der Waals surface area contributed by atoms with Gasteiger partial charge in [-0.2, -0.15) is 4.98 Å². The van der Waals surface area contributed by atoms with Crippen molar-refractivity contribution < 1.29 is 9.34 Å². The Bertz CT molecular complexity index is 1360. The van der Waals surface area contributed by atoms with Gasteiger partial charge in [-0.15, -0.1) is 0 Å². The number of hydrogen-bond acceptors (Lipinski definition) is 8. The number of hydrogen-bond donors (Lipinski definition) is 2. The first-order chi connectivity index (χ1) is 17.5. The quantitative estimate of drug-likeness (QED) is 0.252. The second-order valence-corrected chi connectivity index (χ2v) is 9.40. The van der Waals surface area contributed by atoms with Crippen LogP contribution in [0.15, 0.2) is 65.1 Å². The molecule has 0 unspecified atom stereocenters. The van der Waals surface area contributed by atoms with Crippen molar-refractivity contribution in [3.05, 3.63) is 76.5 Å². The first-order valence-corrected chi connectivity index (χ1v) is 12.2. The molecule has 4 aromatic rings. The molecule has 0 aliphatic heterocycles. The van der Waals surface area contributed by atoms with E-state index in [1.807, 2.05) is 49.3 Å². The Morgan fingerprint density at radius 1 is 0.972 bits per heavy atom. The van der Waals surface area contributed by atoms with Crippen molar-refractivity contribution in [3.63, 3.8) is 0 Å². The molecule has 0 spiro atoms. The summed E-state index contributed by atoms with van der Waals surface area (Å²) in [6.07, 6.45) is 4.10. The Morgan fingerprint density at radius 3 is 2.47 bits per heavy atom. The fraction of sp³-hybridized carbons (Fsp3) is 0.333. The Kier molecular flexibility index (Phi) is 6.81. The van der Waals surface area contributed by atoms with Crippen LogP contribution in [0.1, 0.15) is 31.4 Å². The lowest BCUT2D eigenvalue weighted by atomic mass is 9.91. The van der Waals surface area contributed by atoms with E-state index in [9.17, 15) is 10.1 Å². The lowest BCUT2D eigenvalue weighted by molar-refractivity contribution is -0.384. The Morgan fingerprint density at radius 2 is 1.69 bits per heavy atom. The van der Waals surface area contributed by atoms with Crippen molar-refractivity contribution >= 4 is 28.4 Å². The molecule has 186 valence electrons. The number of nitrogens with one attached hydrogen (secondary N) is 2. The molecule has 0 bridgehead atoms. The third kappa shape index (κ3) is 5.16. The van der Waals surface area contributed by atoms with Gasteiger partial charge in [0.25, 0.3) is 5.69 Å². The van der Waals surface area contributed by atoms with Crippen molar-refractivity contribution in [2.75, 3.05) is 24.3 Å². The number of para-hydroxylation sites is 2. The van der Waals surface area contributed by atoms with Crippen LogP contribution in [0.5, 0.6) is 0 Å². The first-order valence-electron chi connectivity index (χ1n) is 12.2. The molecule has 9 nitrogen and oxygen atoms in total. The minimum atomic E-state index is -0.382. The smallest absolute Gasteiger partial charge is 0.280 e. The largest absolute Gasteiger partial charge is 0.459 e. The van der Waals surface area contributed by atoms with Gasteiger partial charge in [-0.25, -0.2) is 4.98 Å². The number of aromatic nitrogens is 2. The first kappa shape index (κ1) is 23.7. The zero-order valence-electron chi connectivity index (χ0n) is 20.5. The number of nitro benzene ring substituents is 1. The van der Waals surface area contributed by atoms with Gasteiger partial charge in [-0.05, 0) is 56.0 Å². The number of rotatable bonds is 8. The van der Waals surface area contributed by atoms with E-state index < -0.39 is 0 Å². The van der Waals surface area contributed by atoms with Crippen LogP contribution >= 0.6 is 0 Å². The van der Waals surface area contributed by atoms with Crippen molar-refractivity contribution in [1.82, 2.24) is 15.3 Å². The highest BCUT2D eigenvalue weighted by Gasteiger charge is 2.23. The summed E-state index contributed by atoms with van der Waals surface area (Å²) >= 11 is 0. The molecule has 0 amide bonds. The van der Waals surface area contributed by atoms with Gasteiger partial charge >= 0.3 is 0 Å². The zero-order valence-corrected chi connectivity index (χ0v) is 20.5. The van der Waals surface area contributed by atoms with E-state index in [1.165, 1.54) is 6.07 Å². The molecule has 2 aromatic carbocycles. The summed E-state index contributed by atoms with van der Waals surface area (Å²) in [5.41, 5.74) is 1.48. The molecule has 2 heterocycles. The molecule has 1 saturated carbocycles. The molecule has 2 N–H and O–H groups in total. The summed E-state index contributed by atoms with van der Waals surface area (Å²) in [5, 5.41) is 19.5. The third-order valence-electron chi connectivity index (χ3n) is 6.66. The van der Waals surface area contributed by atoms with E-state index in [4.69, 9.17) is 14.4 Å². The van der Waals surface area contributed by atoms with Crippen LogP contribution in [0.25, 0.3) is 22.2 Å². The molecular weight excluding hydrogens is 456 g/mol. The van der Waals surface area contributed by atoms with Crippen LogP contribution in [-0.4, -0.2) is 41.1 Å². The highest BCUT2D eigenvalue weighted by Crippen LogP contribution is 2.31. The fourth-order valence-corrected chi connectivity index (χ4v) is 4.79. The predicted molar refractivity (Wildman–Crippen MR) is 141 cm³/mol. The van der Waals surface area contributed by atoms with Crippen LogP contribution in [0.3, 0.4) is 0 Å². The van der Waals surface area contributed by atoms with Crippen molar-refractivity contribution in [3.8, 4) is 11.3 Å². The minimum Gasteiger partial charge on any atom is -0.459 e. The molecule has 2 aromatic heterocycles. The fourth-order valence-electron chi connectivity index (χ4n) is 4.79. The zero-order chi connectivity index (χ0) is 25.1. The normalized spacial score (nSPS) is 17.7. The van der Waals surface area contributed by atoms with Gasteiger partial charge in [-0.1, -0.05) is 24.3 Å². The van der Waals surface area contributed by atoms with Crippen molar-refractivity contribution in [2.24, 2.45) is 0 Å². The van der Waals surface area contributed by atoms with E-state index in [0.29, 0.717) is 35.9 Å². The summed E-state index contributed by atoms with van der Waals surface area (Å²) in [6.45, 7) is 0.587. The monoisotopic (exact) mass is 486 g/mol. The molecule has 1 aliphatic rings. The SMILES string of the molecule is CN(C)c1nc(NC2CCC(NCc3ccc(-c4ccccc4[N+](=O)[O-])o3)CC2)nc2ccccc12. The van der Waals surface area contributed by atoms with Crippen LogP contribution in [0, 0.1) is 10.1 Å². The van der Waals surface area contributed by atoms with Crippen LogP contribution in [0.4, 0.5) is 17.5 Å².